The van der Waals surface area contributed by atoms with Gasteiger partial charge in [0.25, 0.3) is 0 Å². The number of aryl methyl sites for hydroxylation is 2. The zero-order valence-corrected chi connectivity index (χ0v) is 10.6. The van der Waals surface area contributed by atoms with Crippen LogP contribution >= 0.6 is 0 Å². The molecule has 0 spiro atoms. The van der Waals surface area contributed by atoms with Gasteiger partial charge in [0, 0.05) is 17.1 Å². The van der Waals surface area contributed by atoms with Gasteiger partial charge in [-0.1, -0.05) is 42.0 Å². The molecule has 0 saturated carbocycles. The van der Waals surface area contributed by atoms with E-state index in [9.17, 15) is 0 Å². The maximum Gasteiger partial charge on any atom is 0.0780 e. The Morgan fingerprint density at radius 2 is 1.67 bits per heavy atom. The Morgan fingerprint density at radius 3 is 2.50 bits per heavy atom. The number of nitrogens with zero attached hydrogens (tertiary/aromatic N) is 1. The molecule has 0 N–H and O–H groups in total. The number of aromatic nitrogens is 1. The van der Waals surface area contributed by atoms with E-state index in [0.29, 0.717) is 0 Å². The Hall–Kier alpha value is -2.15. The van der Waals surface area contributed by atoms with Gasteiger partial charge in [0.05, 0.1) is 5.69 Å². The standard InChI is InChI=1S/C17H15N/c1-12-5-3-7-14(11-12)17-16-8-4-6-13(2)15(16)9-10-18-17/h3-11H,1-2H3. The van der Waals surface area contributed by atoms with Crippen molar-refractivity contribution in [2.24, 2.45) is 0 Å². The Kier molecular flexibility index (Phi) is 2.60. The first kappa shape index (κ1) is 11.0. The van der Waals surface area contributed by atoms with E-state index >= 15 is 0 Å². The van der Waals surface area contributed by atoms with Gasteiger partial charge in [-0.25, -0.2) is 0 Å². The van der Waals surface area contributed by atoms with E-state index in [0.717, 1.165) is 5.69 Å². The molecule has 0 bridgehead atoms. The lowest BCUT2D eigenvalue weighted by Gasteiger charge is -2.08. The number of fused-ring (bicyclic) bond motifs is 1. The molecule has 3 rings (SSSR count). The third kappa shape index (κ3) is 1.78. The molecule has 0 saturated heterocycles. The van der Waals surface area contributed by atoms with E-state index in [1.807, 2.05) is 6.20 Å². The van der Waals surface area contributed by atoms with Gasteiger partial charge in [-0.15, -0.1) is 0 Å². The number of pyridine rings is 1. The highest BCUT2D eigenvalue weighted by Crippen LogP contribution is 2.28. The van der Waals surface area contributed by atoms with Gasteiger partial charge in [-0.2, -0.15) is 0 Å². The molecule has 0 amide bonds. The normalized spacial score (nSPS) is 10.8. The molecule has 0 fully saturated rings. The first-order valence-electron chi connectivity index (χ1n) is 6.17. The van der Waals surface area contributed by atoms with Crippen LogP contribution in [0.4, 0.5) is 0 Å². The maximum atomic E-state index is 4.56. The first-order chi connectivity index (χ1) is 8.75. The van der Waals surface area contributed by atoms with Crippen molar-refractivity contribution in [1.29, 1.82) is 0 Å². The molecule has 1 heterocycles. The summed E-state index contributed by atoms with van der Waals surface area (Å²) in [6.45, 7) is 4.25. The van der Waals surface area contributed by atoms with Crippen LogP contribution in [0.25, 0.3) is 22.0 Å². The summed E-state index contributed by atoms with van der Waals surface area (Å²) < 4.78 is 0. The minimum absolute atomic E-state index is 1.07. The van der Waals surface area contributed by atoms with E-state index in [4.69, 9.17) is 0 Å². The molecule has 0 aliphatic heterocycles. The van der Waals surface area contributed by atoms with Gasteiger partial charge >= 0.3 is 0 Å². The lowest BCUT2D eigenvalue weighted by atomic mass is 10.0. The Labute approximate surface area is 107 Å². The largest absolute Gasteiger partial charge is 0.256 e. The van der Waals surface area contributed by atoms with Crippen LogP contribution in [0.3, 0.4) is 0 Å². The summed E-state index contributed by atoms with van der Waals surface area (Å²) in [5.41, 5.74) is 4.81. The molecule has 88 valence electrons. The highest BCUT2D eigenvalue weighted by molar-refractivity contribution is 5.96. The third-order valence-electron chi connectivity index (χ3n) is 3.32. The van der Waals surface area contributed by atoms with Crippen LogP contribution in [0, 0.1) is 13.8 Å². The minimum atomic E-state index is 1.07. The maximum absolute atomic E-state index is 4.56. The van der Waals surface area contributed by atoms with E-state index in [1.54, 1.807) is 0 Å². The summed E-state index contributed by atoms with van der Waals surface area (Å²) in [5, 5.41) is 2.51. The molecule has 1 nitrogen and oxygen atoms in total. The summed E-state index contributed by atoms with van der Waals surface area (Å²) >= 11 is 0. The highest BCUT2D eigenvalue weighted by atomic mass is 14.7. The average Bonchev–Trinajstić information content (AvgIpc) is 2.39. The van der Waals surface area contributed by atoms with Gasteiger partial charge in [-0.05, 0) is 36.9 Å². The summed E-state index contributed by atoms with van der Waals surface area (Å²) in [6, 6.07) is 17.0. The average molecular weight is 233 g/mol. The lowest BCUT2D eigenvalue weighted by molar-refractivity contribution is 1.34. The number of benzene rings is 2. The molecule has 18 heavy (non-hydrogen) atoms. The number of hydrogen-bond donors (Lipinski definition) is 0. The van der Waals surface area contributed by atoms with E-state index in [2.05, 4.69) is 67.4 Å². The number of hydrogen-bond acceptors (Lipinski definition) is 1. The van der Waals surface area contributed by atoms with Gasteiger partial charge in [-0.3, -0.25) is 4.98 Å². The molecule has 0 unspecified atom stereocenters. The van der Waals surface area contributed by atoms with Crippen molar-refractivity contribution < 1.29 is 0 Å². The molecule has 1 aromatic heterocycles. The van der Waals surface area contributed by atoms with Crippen LogP contribution in [0.1, 0.15) is 11.1 Å². The summed E-state index contributed by atoms with van der Waals surface area (Å²) in [6.07, 6.45) is 1.90. The Bertz CT molecular complexity index is 714. The topological polar surface area (TPSA) is 12.9 Å². The predicted molar refractivity (Wildman–Crippen MR) is 76.7 cm³/mol. The molecule has 0 aliphatic carbocycles. The monoisotopic (exact) mass is 233 g/mol. The van der Waals surface area contributed by atoms with Crippen molar-refractivity contribution in [3.05, 3.63) is 65.9 Å². The third-order valence-corrected chi connectivity index (χ3v) is 3.32. The molecule has 3 aromatic rings. The van der Waals surface area contributed by atoms with Gasteiger partial charge < -0.3 is 0 Å². The molecule has 0 atom stereocenters. The Balaban J connectivity index is 2.33. The smallest absolute Gasteiger partial charge is 0.0780 e. The van der Waals surface area contributed by atoms with Gasteiger partial charge in [0.1, 0.15) is 0 Å². The molecular formula is C17H15N. The van der Waals surface area contributed by atoms with Crippen molar-refractivity contribution in [3.8, 4) is 11.3 Å². The van der Waals surface area contributed by atoms with E-state index in [1.165, 1.54) is 27.5 Å². The number of rotatable bonds is 1. The second kappa shape index (κ2) is 4.26. The lowest BCUT2D eigenvalue weighted by Crippen LogP contribution is -1.88. The van der Waals surface area contributed by atoms with Crippen LogP contribution in [0.2, 0.25) is 0 Å². The van der Waals surface area contributed by atoms with Gasteiger partial charge in [0.15, 0.2) is 0 Å². The fraction of sp³-hybridized carbons (Fsp3) is 0.118. The second-order valence-electron chi connectivity index (χ2n) is 4.70. The minimum Gasteiger partial charge on any atom is -0.256 e. The molecule has 0 radical (unpaired) electrons. The summed E-state index contributed by atoms with van der Waals surface area (Å²) in [7, 11) is 0. The summed E-state index contributed by atoms with van der Waals surface area (Å²) in [4.78, 5) is 4.56. The second-order valence-corrected chi connectivity index (χ2v) is 4.70. The van der Waals surface area contributed by atoms with Crippen LogP contribution in [0.5, 0.6) is 0 Å². The van der Waals surface area contributed by atoms with Crippen LogP contribution in [0.15, 0.2) is 54.7 Å². The van der Waals surface area contributed by atoms with Crippen LogP contribution in [-0.2, 0) is 0 Å². The molecular weight excluding hydrogens is 218 g/mol. The zero-order valence-electron chi connectivity index (χ0n) is 10.6. The quantitative estimate of drug-likeness (QED) is 0.602. The highest BCUT2D eigenvalue weighted by Gasteiger charge is 2.06. The summed E-state index contributed by atoms with van der Waals surface area (Å²) in [5.74, 6) is 0. The van der Waals surface area contributed by atoms with E-state index < -0.39 is 0 Å². The van der Waals surface area contributed by atoms with E-state index in [-0.39, 0.29) is 0 Å². The van der Waals surface area contributed by atoms with Crippen molar-refractivity contribution in [2.45, 2.75) is 13.8 Å². The SMILES string of the molecule is Cc1cccc(-c2nccc3c(C)cccc23)c1. The molecule has 2 aromatic carbocycles. The fourth-order valence-electron chi connectivity index (χ4n) is 2.39. The molecule has 0 aliphatic rings. The fourth-order valence-corrected chi connectivity index (χ4v) is 2.39. The van der Waals surface area contributed by atoms with Crippen LogP contribution in [-0.4, -0.2) is 4.98 Å². The van der Waals surface area contributed by atoms with Gasteiger partial charge in [0.2, 0.25) is 0 Å². The van der Waals surface area contributed by atoms with Crippen molar-refractivity contribution >= 4 is 10.8 Å². The van der Waals surface area contributed by atoms with Crippen LogP contribution < -0.4 is 0 Å². The van der Waals surface area contributed by atoms with Crippen molar-refractivity contribution in [3.63, 3.8) is 0 Å². The Morgan fingerprint density at radius 1 is 0.833 bits per heavy atom. The zero-order chi connectivity index (χ0) is 12.5. The first-order valence-corrected chi connectivity index (χ1v) is 6.17. The molecule has 1 heteroatoms. The van der Waals surface area contributed by atoms with Crippen molar-refractivity contribution in [1.82, 2.24) is 4.98 Å². The predicted octanol–water partition coefficient (Wildman–Crippen LogP) is 4.52. The van der Waals surface area contributed by atoms with Crippen molar-refractivity contribution in [2.75, 3.05) is 0 Å².